The Morgan fingerprint density at radius 2 is 2.00 bits per heavy atom. The lowest BCUT2D eigenvalue weighted by Crippen LogP contribution is -1.89. The first-order valence-electron chi connectivity index (χ1n) is 3.76. The minimum absolute atomic E-state index is 0.364. The lowest BCUT2D eigenvalue weighted by Gasteiger charge is -2.06. The molecule has 1 rings (SSSR count). The van der Waals surface area contributed by atoms with Crippen LogP contribution >= 0.6 is 27.7 Å². The summed E-state index contributed by atoms with van der Waals surface area (Å²) >= 11 is 5.19. The lowest BCUT2D eigenvalue weighted by molar-refractivity contribution is 1.25. The van der Waals surface area contributed by atoms with Crippen LogP contribution in [0.25, 0.3) is 0 Å². The van der Waals surface area contributed by atoms with Gasteiger partial charge in [-0.05, 0) is 24.0 Å². The molecular formula is C10H11BrS. The quantitative estimate of drug-likeness (QED) is 0.569. The number of benzene rings is 1. The van der Waals surface area contributed by atoms with Crippen molar-refractivity contribution >= 4 is 27.7 Å². The van der Waals surface area contributed by atoms with Crippen molar-refractivity contribution in [3.8, 4) is 0 Å². The van der Waals surface area contributed by atoms with Gasteiger partial charge in [0.1, 0.15) is 0 Å². The molecule has 0 saturated carbocycles. The molecule has 0 heterocycles. The van der Waals surface area contributed by atoms with Crippen LogP contribution in [0.15, 0.2) is 46.7 Å². The zero-order valence-corrected chi connectivity index (χ0v) is 9.36. The minimum Gasteiger partial charge on any atom is -0.0940 e. The molecule has 1 atom stereocenters. The zero-order chi connectivity index (χ0) is 8.97. The number of hydrogen-bond donors (Lipinski definition) is 0. The summed E-state index contributed by atoms with van der Waals surface area (Å²) in [6.45, 7) is 6.05. The Bertz CT molecular complexity index is 254. The van der Waals surface area contributed by atoms with Crippen molar-refractivity contribution in [1.82, 2.24) is 0 Å². The molecule has 0 bridgehead atoms. The van der Waals surface area contributed by atoms with Crippen molar-refractivity contribution in [1.29, 1.82) is 0 Å². The molecule has 0 fully saturated rings. The third kappa shape index (κ3) is 3.03. The molecule has 0 nitrogen and oxygen atoms in total. The number of halogens is 1. The highest BCUT2D eigenvalue weighted by molar-refractivity contribution is 9.09. The summed E-state index contributed by atoms with van der Waals surface area (Å²) in [4.78, 5) is 2.75. The largest absolute Gasteiger partial charge is 0.0940 e. The lowest BCUT2D eigenvalue weighted by atomic mass is 10.4. The second-order valence-corrected chi connectivity index (χ2v) is 5.07. The van der Waals surface area contributed by atoms with Gasteiger partial charge >= 0.3 is 0 Å². The molecule has 1 aromatic rings. The van der Waals surface area contributed by atoms with E-state index in [0.29, 0.717) is 4.83 Å². The van der Waals surface area contributed by atoms with Gasteiger partial charge in [-0.3, -0.25) is 0 Å². The number of allylic oxidation sites excluding steroid dienone is 1. The summed E-state index contributed by atoms with van der Waals surface area (Å²) in [6.07, 6.45) is 0. The van der Waals surface area contributed by atoms with E-state index in [-0.39, 0.29) is 0 Å². The number of alkyl halides is 1. The van der Waals surface area contributed by atoms with Crippen LogP contribution in [0.2, 0.25) is 0 Å². The van der Waals surface area contributed by atoms with E-state index in [2.05, 4.69) is 41.6 Å². The SMILES string of the molecule is C=C(Sc1ccccc1)C(C)Br. The third-order valence-electron chi connectivity index (χ3n) is 1.44. The maximum Gasteiger partial charge on any atom is 0.0424 e. The molecule has 0 saturated heterocycles. The van der Waals surface area contributed by atoms with Gasteiger partial charge in [0, 0.05) is 9.72 Å². The van der Waals surface area contributed by atoms with E-state index >= 15 is 0 Å². The first-order valence-corrected chi connectivity index (χ1v) is 5.49. The minimum atomic E-state index is 0.364. The highest BCUT2D eigenvalue weighted by Crippen LogP contribution is 2.29. The fraction of sp³-hybridized carbons (Fsp3) is 0.200. The molecule has 0 amide bonds. The molecule has 0 aromatic heterocycles. The van der Waals surface area contributed by atoms with Crippen LogP contribution in [0.5, 0.6) is 0 Å². The van der Waals surface area contributed by atoms with Gasteiger partial charge in [-0.1, -0.05) is 52.5 Å². The summed E-state index contributed by atoms with van der Waals surface area (Å²) in [7, 11) is 0. The van der Waals surface area contributed by atoms with Gasteiger partial charge in [0.05, 0.1) is 0 Å². The van der Waals surface area contributed by atoms with E-state index in [1.54, 1.807) is 11.8 Å². The van der Waals surface area contributed by atoms with Gasteiger partial charge in [0.15, 0.2) is 0 Å². The van der Waals surface area contributed by atoms with E-state index < -0.39 is 0 Å². The predicted octanol–water partition coefficient (Wildman–Crippen LogP) is 4.08. The van der Waals surface area contributed by atoms with E-state index in [9.17, 15) is 0 Å². The van der Waals surface area contributed by atoms with Crippen LogP contribution in [0.4, 0.5) is 0 Å². The molecule has 2 heteroatoms. The van der Waals surface area contributed by atoms with Gasteiger partial charge in [-0.2, -0.15) is 0 Å². The summed E-state index contributed by atoms with van der Waals surface area (Å²) in [6, 6.07) is 10.3. The molecule has 64 valence electrons. The van der Waals surface area contributed by atoms with Crippen molar-refractivity contribution in [3.05, 3.63) is 41.8 Å². The Hall–Kier alpha value is -0.210. The standard InChI is InChI=1S/C10H11BrS/c1-8(11)9(2)12-10-6-4-3-5-7-10/h3-8H,2H2,1H3. The van der Waals surface area contributed by atoms with Gasteiger partial charge in [0.2, 0.25) is 0 Å². The molecule has 0 aliphatic carbocycles. The molecule has 0 N–H and O–H groups in total. The van der Waals surface area contributed by atoms with Crippen molar-refractivity contribution in [3.63, 3.8) is 0 Å². The van der Waals surface area contributed by atoms with Crippen LogP contribution < -0.4 is 0 Å². The van der Waals surface area contributed by atoms with E-state index in [0.717, 1.165) is 4.91 Å². The zero-order valence-electron chi connectivity index (χ0n) is 6.96. The van der Waals surface area contributed by atoms with Crippen LogP contribution in [0.1, 0.15) is 6.92 Å². The van der Waals surface area contributed by atoms with Crippen LogP contribution in [0, 0.1) is 0 Å². The predicted molar refractivity (Wildman–Crippen MR) is 59.8 cm³/mol. The molecule has 0 radical (unpaired) electrons. The molecule has 0 aliphatic rings. The van der Waals surface area contributed by atoms with Gasteiger partial charge in [-0.15, -0.1) is 0 Å². The normalized spacial score (nSPS) is 12.5. The van der Waals surface area contributed by atoms with Gasteiger partial charge in [-0.25, -0.2) is 0 Å². The second-order valence-electron chi connectivity index (χ2n) is 2.50. The van der Waals surface area contributed by atoms with E-state index in [4.69, 9.17) is 0 Å². The maximum atomic E-state index is 3.97. The molecule has 12 heavy (non-hydrogen) atoms. The van der Waals surface area contributed by atoms with Crippen molar-refractivity contribution in [2.75, 3.05) is 0 Å². The van der Waals surface area contributed by atoms with E-state index in [1.807, 2.05) is 18.2 Å². The van der Waals surface area contributed by atoms with Gasteiger partial charge < -0.3 is 0 Å². The molecule has 0 spiro atoms. The average Bonchev–Trinajstić information content (AvgIpc) is 2.06. The number of thioether (sulfide) groups is 1. The highest BCUT2D eigenvalue weighted by atomic mass is 79.9. The molecular weight excluding hydrogens is 232 g/mol. The monoisotopic (exact) mass is 242 g/mol. The Balaban J connectivity index is 2.59. The fourth-order valence-corrected chi connectivity index (χ4v) is 1.76. The van der Waals surface area contributed by atoms with Crippen LogP contribution in [-0.2, 0) is 0 Å². The highest BCUT2D eigenvalue weighted by Gasteiger charge is 2.02. The third-order valence-corrected chi connectivity index (χ3v) is 3.42. The second kappa shape index (κ2) is 4.73. The Morgan fingerprint density at radius 1 is 1.42 bits per heavy atom. The first-order chi connectivity index (χ1) is 5.70. The Morgan fingerprint density at radius 3 is 2.50 bits per heavy atom. The Kier molecular flexibility index (Phi) is 3.89. The molecule has 0 aliphatic heterocycles. The smallest absolute Gasteiger partial charge is 0.0424 e. The number of hydrogen-bond acceptors (Lipinski definition) is 1. The molecule has 1 aromatic carbocycles. The number of rotatable bonds is 3. The summed E-state index contributed by atoms with van der Waals surface area (Å²) < 4.78 is 0. The van der Waals surface area contributed by atoms with E-state index in [1.165, 1.54) is 4.90 Å². The summed E-state index contributed by atoms with van der Waals surface area (Å²) in [5, 5.41) is 0. The maximum absolute atomic E-state index is 3.97. The summed E-state index contributed by atoms with van der Waals surface area (Å²) in [5.41, 5.74) is 0. The fourth-order valence-electron chi connectivity index (χ4n) is 0.721. The van der Waals surface area contributed by atoms with Crippen molar-refractivity contribution in [2.45, 2.75) is 16.6 Å². The van der Waals surface area contributed by atoms with Crippen molar-refractivity contribution < 1.29 is 0 Å². The van der Waals surface area contributed by atoms with Crippen LogP contribution in [-0.4, -0.2) is 4.83 Å². The average molecular weight is 243 g/mol. The molecule has 1 unspecified atom stereocenters. The Labute approximate surface area is 86.2 Å². The van der Waals surface area contributed by atoms with Crippen LogP contribution in [0.3, 0.4) is 0 Å². The summed E-state index contributed by atoms with van der Waals surface area (Å²) in [5.74, 6) is 0. The first kappa shape index (κ1) is 9.87. The van der Waals surface area contributed by atoms with Gasteiger partial charge in [0.25, 0.3) is 0 Å². The van der Waals surface area contributed by atoms with Crippen molar-refractivity contribution in [2.24, 2.45) is 0 Å². The topological polar surface area (TPSA) is 0 Å².